The molecule has 0 saturated heterocycles. The van der Waals surface area contributed by atoms with E-state index in [1.54, 1.807) is 0 Å². The molecule has 0 spiro atoms. The monoisotopic (exact) mass is 254 g/mol. The Morgan fingerprint density at radius 3 is 2.42 bits per heavy atom. The fraction of sp³-hybridized carbons (Fsp3) is 0.500. The van der Waals surface area contributed by atoms with Gasteiger partial charge in [-0.25, -0.2) is 0 Å². The minimum atomic E-state index is -1.01. The molecule has 1 N–H and O–H groups in total. The molecule has 0 aliphatic heterocycles. The fourth-order valence-corrected chi connectivity index (χ4v) is 2.96. The van der Waals surface area contributed by atoms with Gasteiger partial charge in [-0.15, -0.1) is 0 Å². The molecule has 1 aliphatic rings. The zero-order valence-electron chi connectivity index (χ0n) is 10.9. The molecule has 3 nitrogen and oxygen atoms in total. The Bertz CT molecular complexity index is 484. The largest absolute Gasteiger partial charge is 0.393 e. The Balaban J connectivity index is 2.23. The van der Waals surface area contributed by atoms with Crippen molar-refractivity contribution in [2.45, 2.75) is 38.2 Å². The Hall–Kier alpha value is -1.84. The van der Waals surface area contributed by atoms with E-state index in [-0.39, 0.29) is 12.0 Å². The molecular weight excluding hydrogens is 236 g/mol. The highest BCUT2D eigenvalue weighted by molar-refractivity contribution is 5.26. The maximum Gasteiger partial charge on any atom is 0.150 e. The van der Waals surface area contributed by atoms with Crippen LogP contribution in [0.1, 0.15) is 31.2 Å². The van der Waals surface area contributed by atoms with Crippen molar-refractivity contribution < 1.29 is 5.11 Å². The fourth-order valence-electron chi connectivity index (χ4n) is 2.96. The maximum absolute atomic E-state index is 9.78. The van der Waals surface area contributed by atoms with Crippen molar-refractivity contribution in [2.24, 2.45) is 11.3 Å². The number of aliphatic hydroxyl groups is 1. The van der Waals surface area contributed by atoms with Gasteiger partial charge >= 0.3 is 0 Å². The smallest absolute Gasteiger partial charge is 0.150 e. The molecule has 2 atom stereocenters. The summed E-state index contributed by atoms with van der Waals surface area (Å²) in [5.74, 6) is -0.0357. The molecule has 0 amide bonds. The first-order valence-electron chi connectivity index (χ1n) is 6.74. The molecule has 1 aliphatic carbocycles. The number of rotatable bonds is 3. The third-order valence-corrected chi connectivity index (χ3v) is 4.07. The van der Waals surface area contributed by atoms with Crippen LogP contribution >= 0.6 is 0 Å². The standard InChI is InChI=1S/C16H18N2O/c17-11-16(12-18,10-13-5-2-1-3-6-13)14-7-4-8-15(19)9-14/h1-3,5-6,14-15,19H,4,7-10H2. The summed E-state index contributed by atoms with van der Waals surface area (Å²) in [5, 5.41) is 28.8. The van der Waals surface area contributed by atoms with Crippen LogP contribution in [-0.4, -0.2) is 11.2 Å². The van der Waals surface area contributed by atoms with E-state index in [2.05, 4.69) is 12.1 Å². The van der Waals surface area contributed by atoms with Crippen LogP contribution in [0.5, 0.6) is 0 Å². The molecule has 1 aromatic rings. The van der Waals surface area contributed by atoms with Gasteiger partial charge in [-0.05, 0) is 30.7 Å². The van der Waals surface area contributed by atoms with Crippen LogP contribution in [0.3, 0.4) is 0 Å². The predicted molar refractivity (Wildman–Crippen MR) is 71.8 cm³/mol. The summed E-state index contributed by atoms with van der Waals surface area (Å²) in [4.78, 5) is 0. The molecule has 0 heterocycles. The maximum atomic E-state index is 9.78. The van der Waals surface area contributed by atoms with Gasteiger partial charge in [0.05, 0.1) is 18.2 Å². The molecule has 98 valence electrons. The molecule has 0 bridgehead atoms. The van der Waals surface area contributed by atoms with Crippen LogP contribution in [0, 0.1) is 34.0 Å². The topological polar surface area (TPSA) is 67.8 Å². The summed E-state index contributed by atoms with van der Waals surface area (Å²) >= 11 is 0. The lowest BCUT2D eigenvalue weighted by atomic mass is 9.67. The number of aliphatic hydroxyl groups excluding tert-OH is 1. The van der Waals surface area contributed by atoms with E-state index in [1.807, 2.05) is 30.3 Å². The Morgan fingerprint density at radius 2 is 1.84 bits per heavy atom. The van der Waals surface area contributed by atoms with Crippen LogP contribution < -0.4 is 0 Å². The van der Waals surface area contributed by atoms with Gasteiger partial charge in [0, 0.05) is 6.42 Å². The number of hydrogen-bond acceptors (Lipinski definition) is 3. The van der Waals surface area contributed by atoms with Gasteiger partial charge in [0.1, 0.15) is 0 Å². The normalized spacial score (nSPS) is 23.3. The Morgan fingerprint density at radius 1 is 1.16 bits per heavy atom. The van der Waals surface area contributed by atoms with E-state index in [0.29, 0.717) is 12.8 Å². The van der Waals surface area contributed by atoms with E-state index >= 15 is 0 Å². The molecule has 3 heteroatoms. The minimum absolute atomic E-state index is 0.0357. The second-order valence-electron chi connectivity index (χ2n) is 5.37. The summed E-state index contributed by atoms with van der Waals surface area (Å²) in [5.41, 5.74) is -0.00591. The molecule has 2 rings (SSSR count). The van der Waals surface area contributed by atoms with Crippen molar-refractivity contribution in [3.63, 3.8) is 0 Å². The zero-order chi connectivity index (χ0) is 13.7. The SMILES string of the molecule is N#CC(C#N)(Cc1ccccc1)C1CCCC(O)C1. The quantitative estimate of drug-likeness (QED) is 0.901. The van der Waals surface area contributed by atoms with Crippen LogP contribution in [-0.2, 0) is 6.42 Å². The first kappa shape index (κ1) is 13.6. The summed E-state index contributed by atoms with van der Waals surface area (Å²) < 4.78 is 0. The average molecular weight is 254 g/mol. The van der Waals surface area contributed by atoms with E-state index in [0.717, 1.165) is 24.8 Å². The second-order valence-corrected chi connectivity index (χ2v) is 5.37. The van der Waals surface area contributed by atoms with E-state index < -0.39 is 5.41 Å². The third kappa shape index (κ3) is 2.95. The van der Waals surface area contributed by atoms with Crippen LogP contribution in [0.4, 0.5) is 0 Å². The lowest BCUT2D eigenvalue weighted by Gasteiger charge is -2.34. The summed E-state index contributed by atoms with van der Waals surface area (Å²) in [6.45, 7) is 0. The van der Waals surface area contributed by atoms with Gasteiger partial charge in [-0.2, -0.15) is 10.5 Å². The highest BCUT2D eigenvalue weighted by Gasteiger charge is 2.41. The van der Waals surface area contributed by atoms with Crippen molar-refractivity contribution in [2.75, 3.05) is 0 Å². The minimum Gasteiger partial charge on any atom is -0.393 e. The molecule has 1 saturated carbocycles. The van der Waals surface area contributed by atoms with Crippen molar-refractivity contribution in [3.8, 4) is 12.1 Å². The Labute approximate surface area is 114 Å². The molecular formula is C16H18N2O. The number of hydrogen-bond donors (Lipinski definition) is 1. The first-order chi connectivity index (χ1) is 9.20. The van der Waals surface area contributed by atoms with Gasteiger partial charge in [0.2, 0.25) is 0 Å². The molecule has 1 aromatic carbocycles. The lowest BCUT2D eigenvalue weighted by Crippen LogP contribution is -2.35. The molecule has 0 aromatic heterocycles. The third-order valence-electron chi connectivity index (χ3n) is 4.07. The highest BCUT2D eigenvalue weighted by atomic mass is 16.3. The van der Waals surface area contributed by atoms with Crippen LogP contribution in [0.15, 0.2) is 30.3 Å². The van der Waals surface area contributed by atoms with E-state index in [9.17, 15) is 15.6 Å². The molecule has 2 unspecified atom stereocenters. The van der Waals surface area contributed by atoms with Crippen molar-refractivity contribution in [1.29, 1.82) is 10.5 Å². The summed E-state index contributed by atoms with van der Waals surface area (Å²) in [7, 11) is 0. The van der Waals surface area contributed by atoms with Crippen molar-refractivity contribution in [3.05, 3.63) is 35.9 Å². The van der Waals surface area contributed by atoms with Crippen LogP contribution in [0.25, 0.3) is 0 Å². The van der Waals surface area contributed by atoms with Crippen LogP contribution in [0.2, 0.25) is 0 Å². The first-order valence-corrected chi connectivity index (χ1v) is 6.74. The van der Waals surface area contributed by atoms with Gasteiger partial charge in [-0.3, -0.25) is 0 Å². The second kappa shape index (κ2) is 5.87. The Kier molecular flexibility index (Phi) is 4.20. The van der Waals surface area contributed by atoms with Gasteiger partial charge in [0.15, 0.2) is 5.41 Å². The number of nitriles is 2. The molecule has 1 fully saturated rings. The number of nitrogens with zero attached hydrogens (tertiary/aromatic N) is 2. The van der Waals surface area contributed by atoms with Crippen molar-refractivity contribution >= 4 is 0 Å². The van der Waals surface area contributed by atoms with Gasteiger partial charge in [-0.1, -0.05) is 36.8 Å². The van der Waals surface area contributed by atoms with Gasteiger partial charge < -0.3 is 5.11 Å². The molecule has 0 radical (unpaired) electrons. The van der Waals surface area contributed by atoms with Gasteiger partial charge in [0.25, 0.3) is 0 Å². The predicted octanol–water partition coefficient (Wildman–Crippen LogP) is 2.81. The highest BCUT2D eigenvalue weighted by Crippen LogP contribution is 2.40. The lowest BCUT2D eigenvalue weighted by molar-refractivity contribution is 0.0748. The van der Waals surface area contributed by atoms with E-state index in [4.69, 9.17) is 0 Å². The number of benzene rings is 1. The summed E-state index contributed by atoms with van der Waals surface area (Å²) in [6, 6.07) is 14.1. The average Bonchev–Trinajstić information content (AvgIpc) is 2.46. The molecule has 19 heavy (non-hydrogen) atoms. The summed E-state index contributed by atoms with van der Waals surface area (Å²) in [6.07, 6.45) is 3.17. The van der Waals surface area contributed by atoms with E-state index in [1.165, 1.54) is 0 Å². The zero-order valence-corrected chi connectivity index (χ0v) is 10.9. The van der Waals surface area contributed by atoms with Crippen molar-refractivity contribution in [1.82, 2.24) is 0 Å².